The van der Waals surface area contributed by atoms with E-state index in [4.69, 9.17) is 39.3 Å². The average molecular weight is 2110 g/mol. The van der Waals surface area contributed by atoms with E-state index < -0.39 is 76.3 Å². The fourth-order valence-electron chi connectivity index (χ4n) is 22.0. The minimum atomic E-state index is -3.94. The second-order valence-corrected chi connectivity index (χ2v) is 40.1. The first-order valence-electron chi connectivity index (χ1n) is 48.0. The Bertz CT molecular complexity index is 6980. The molecule has 6 fully saturated rings. The van der Waals surface area contributed by atoms with Gasteiger partial charge in [-0.1, -0.05) is 22.4 Å². The number of aliphatic hydroxyl groups is 2. The molecule has 15 aliphatic heterocycles. The molecule has 0 aromatic carbocycles. The molecule has 0 radical (unpaired) electrons. The predicted octanol–water partition coefficient (Wildman–Crippen LogP) is -1.42. The number of amidine groups is 3. The van der Waals surface area contributed by atoms with Crippen molar-refractivity contribution in [1.82, 2.24) is 149 Å². The number of hydroxylamine groups is 5. The van der Waals surface area contributed by atoms with E-state index in [1.165, 1.54) is 23.7 Å². The summed E-state index contributed by atoms with van der Waals surface area (Å²) in [5.41, 5.74) is 27.1. The summed E-state index contributed by atoms with van der Waals surface area (Å²) in [5.74, 6) is -1.78. The Morgan fingerprint density at radius 2 is 0.887 bits per heavy atom. The van der Waals surface area contributed by atoms with Crippen LogP contribution < -0.4 is 26.9 Å². The molecule has 0 saturated carbocycles. The number of carboxylic acid groups (broad SMARTS) is 1. The van der Waals surface area contributed by atoms with E-state index in [1.54, 1.807) is 136 Å². The third-order valence-corrected chi connectivity index (χ3v) is 30.2. The number of likely N-dealkylation sites (N-methyl/N-ethyl adjacent to an activating group) is 5. The second kappa shape index (κ2) is 40.8. The fraction of sp³-hybridized carbons (Fsp3) is 0.551. The van der Waals surface area contributed by atoms with E-state index in [0.29, 0.717) is 80.5 Å². The van der Waals surface area contributed by atoms with Crippen LogP contribution in [0, 0.1) is 5.92 Å². The molecule has 802 valence electrons. The van der Waals surface area contributed by atoms with E-state index in [0.717, 1.165) is 84.5 Å². The van der Waals surface area contributed by atoms with E-state index in [1.807, 2.05) is 124 Å². The summed E-state index contributed by atoms with van der Waals surface area (Å²) in [6.07, 6.45) is 19.1. The van der Waals surface area contributed by atoms with E-state index in [-0.39, 0.29) is 148 Å². The lowest BCUT2D eigenvalue weighted by molar-refractivity contribution is -0.751. The molecule has 15 aliphatic rings. The minimum Gasteiger partial charge on any atom is -0.478 e. The molecule has 9 N–H and O–H groups in total. The monoisotopic (exact) mass is 2100 g/mol. The Balaban J connectivity index is 0.000000118. The molecule has 16 atom stereocenters. The largest absolute Gasteiger partial charge is 0.478 e. The number of aromatic nitrogens is 16. The van der Waals surface area contributed by atoms with Crippen molar-refractivity contribution in [2.75, 3.05) is 115 Å². The second-order valence-electron chi connectivity index (χ2n) is 38.6. The van der Waals surface area contributed by atoms with Crippen molar-refractivity contribution in [3.63, 3.8) is 0 Å². The van der Waals surface area contributed by atoms with Gasteiger partial charge in [0.1, 0.15) is 54.7 Å². The normalized spacial score (nSPS) is 25.5. The predicted molar refractivity (Wildman–Crippen MR) is 517 cm³/mol. The number of carbonyl (C=O) groups is 10. The van der Waals surface area contributed by atoms with Crippen LogP contribution >= 0.6 is 0 Å². The molecule has 8 aromatic heterocycles. The zero-order valence-corrected chi connectivity index (χ0v) is 86.3. The highest BCUT2D eigenvalue weighted by Gasteiger charge is 2.59. The number of aryl methyl sites for hydroxylation is 10. The van der Waals surface area contributed by atoms with Crippen molar-refractivity contribution < 1.29 is 110 Å². The number of hydrogen-bond acceptors (Lipinski definition) is 34. The van der Waals surface area contributed by atoms with Gasteiger partial charge in [0.15, 0.2) is 37.1 Å². The van der Waals surface area contributed by atoms with Crippen LogP contribution in [0.2, 0.25) is 0 Å². The van der Waals surface area contributed by atoms with Crippen molar-refractivity contribution in [3.8, 4) is 0 Å². The molecule has 8 aromatic rings. The number of carboxylic acids is 1. The Hall–Kier alpha value is -16.2. The highest BCUT2D eigenvalue weighted by Crippen LogP contribution is 2.52. The summed E-state index contributed by atoms with van der Waals surface area (Å²) < 4.78 is 44.0. The lowest BCUT2D eigenvalue weighted by atomic mass is 9.87. The lowest BCUT2D eigenvalue weighted by Gasteiger charge is -2.32. The molecule has 60 nitrogen and oxygen atoms in total. The molecule has 13 amide bonds. The number of nitrogens with two attached hydrogens (primary N) is 1. The van der Waals surface area contributed by atoms with Gasteiger partial charge in [-0.3, -0.25) is 63.2 Å². The number of nitrogens with zero attached hydrogens (tertiary/aromatic N) is 34. The molecule has 0 aliphatic carbocycles. The van der Waals surface area contributed by atoms with E-state index in [2.05, 4.69) is 77.1 Å². The molecule has 12 bridgehead atoms. The summed E-state index contributed by atoms with van der Waals surface area (Å²) in [7, 11) is 24.3. The Morgan fingerprint density at radius 3 is 1.29 bits per heavy atom. The van der Waals surface area contributed by atoms with Crippen LogP contribution in [0.1, 0.15) is 184 Å². The van der Waals surface area contributed by atoms with E-state index >= 15 is 0 Å². The van der Waals surface area contributed by atoms with Crippen LogP contribution in [-0.4, -0.2) is 389 Å². The van der Waals surface area contributed by atoms with Gasteiger partial charge in [-0.15, -0.1) is 8.97 Å². The smallest absolute Gasteiger partial charge is 0.348 e. The van der Waals surface area contributed by atoms with Crippen molar-refractivity contribution in [2.24, 2.45) is 98.5 Å². The number of carbonyl (C=O) groups excluding carboxylic acids is 9. The molecule has 150 heavy (non-hydrogen) atoms. The third-order valence-electron chi connectivity index (χ3n) is 29.8. The summed E-state index contributed by atoms with van der Waals surface area (Å²) in [4.78, 5) is 180. The number of amides is 13. The van der Waals surface area contributed by atoms with Gasteiger partial charge in [-0.2, -0.15) is 53.9 Å². The lowest BCUT2D eigenvalue weighted by Crippen LogP contribution is -2.45. The Morgan fingerprint density at radius 1 is 0.487 bits per heavy atom. The van der Waals surface area contributed by atoms with Crippen LogP contribution in [0.15, 0.2) is 92.4 Å². The first kappa shape index (κ1) is 104. The third kappa shape index (κ3) is 18.3. The molecule has 6 saturated heterocycles. The number of aliphatic carboxylic acids is 1. The number of oxime groups is 3. The first-order chi connectivity index (χ1) is 71.5. The maximum atomic E-state index is 13.0. The number of primary amides is 1. The zero-order chi connectivity index (χ0) is 107. The topological polar surface area (TPSA) is 650 Å². The van der Waals surface area contributed by atoms with Crippen LogP contribution in [0.3, 0.4) is 0 Å². The standard InChI is InChI=1S/C19H27N8O3.C18H24N8O6S.C14H19N5O3.C13H15N5O4.C13H17N5O3.C12H17N7O3/c1-20-18(22-30-15(28)7-6-12-9-23(2)24(3)10-12)17-16-13(8-21-26(16)5)14-11-27(17)19(29)25(14)4;1-19-17(22-31-14(27)6-5-11-7-20-23(2)9-11)16-15-12(8-21-24(15)3)13-10-25(16)18(28)26(13)32-33(4,29)30;1-7-10(6-20)22-16-11(7)13-12-8(4-15-18(12)3)9-5-19(13)14(21)17(9)2;1-16-8-5-18(13(16)21)11(10-6(8)4-14-17(10)2)7-3-9(12(19)20)22-15-7;1-16-10-5-18(13(16)20)12(9-3-7(6-19)21-15-9)11-8(10)4-14-17(11)2;1-14-11(16-22)10-9-6(3-15-19(9)5-8(13)20)7-4-18(10)12(21)17(7)2/h8-10,14,17H,6-7,11H2,1-5H3,(H,20,22);7-9,13,16H,5-6,10H2,1-4H3,(H,19,22);4,7,9-10,13,20H,5-6H2,1-3H3;4,8-9,11H,3,5H2,1-2H3,(H,19,20);4,7,10,12,19H,3,5-6H2,1-2H3;3,7,10,22H,4-5H2,1-2H3,(H2,13,20)(H,14,16)/q+1;;;;;/t14-,17-;13-,16-;7?,9-,10?,13+;8-,9?,11+;7?,10-,12+;7-,10-/m000000/s1. The molecule has 4 unspecified atom stereocenters. The molecule has 23 heterocycles. The quantitative estimate of drug-likeness (QED) is 0.0199. The summed E-state index contributed by atoms with van der Waals surface area (Å²) in [6.45, 7) is 4.68. The van der Waals surface area contributed by atoms with Gasteiger partial charge >= 0.3 is 54.1 Å². The SMILES string of the molecule is CC1C([C@@H]2c3c(cnn3C)[C@@H]3CN2C(=O)N3C)=NOC1CO.CN1C(=O)N2C[C@H]1c1cnn(C)c1[C@H]2C1=NOC(C(=O)O)C1.CN1C(=O)N2C[C@H]1c1cnn(C)c1[C@H]2C1=NOC(CO)C1.CN=C(NO)[C@@H]1c2c(cnn2CC(N)=O)[C@@H]2CN1C(=O)N2C.CN=C(NOC(=O)CCc1cn(C)[n+](C)c1)[C@@H]1c2c(cnn2C)[C@@H]2CN1C(=O)N2C.CN=C(NOC(=O)CCc1cnn(C)c1)[C@@H]1c2c(cnn2C)[C@@H]2CN1C(=O)N2OS(C)(=O)=O. The number of hydrogen-bond donors (Lipinski definition) is 8. The van der Waals surface area contributed by atoms with Gasteiger partial charge in [-0.05, 0) is 18.4 Å². The summed E-state index contributed by atoms with van der Waals surface area (Å²) in [5, 5.41) is 79.9. The number of rotatable bonds is 19. The van der Waals surface area contributed by atoms with Crippen LogP contribution in [0.4, 0.5) is 28.8 Å². The molecule has 0 spiro atoms. The van der Waals surface area contributed by atoms with Crippen molar-refractivity contribution in [1.29, 1.82) is 0 Å². The molecular weight excluding hydrogens is 1990 g/mol. The Kier molecular flexibility index (Phi) is 28.2. The summed E-state index contributed by atoms with van der Waals surface area (Å²) in [6, 6.07) is -4.65. The maximum absolute atomic E-state index is 13.0. The van der Waals surface area contributed by atoms with Gasteiger partial charge in [0.2, 0.25) is 12.0 Å². The van der Waals surface area contributed by atoms with Crippen LogP contribution in [-0.2, 0) is 134 Å². The molecule has 23 rings (SSSR count). The van der Waals surface area contributed by atoms with Gasteiger partial charge < -0.3 is 99.1 Å². The van der Waals surface area contributed by atoms with Gasteiger partial charge in [0, 0.05) is 195 Å². The Labute approximate surface area is 856 Å². The maximum Gasteiger partial charge on any atom is 0.348 e. The highest BCUT2D eigenvalue weighted by molar-refractivity contribution is 7.85. The number of fused-ring (bicyclic) bond motifs is 24. The fourth-order valence-corrected chi connectivity index (χ4v) is 22.5. The minimum absolute atomic E-state index is 0.00338. The average Bonchev–Trinajstić information content (AvgIpc) is 1.60. The van der Waals surface area contributed by atoms with Crippen LogP contribution in [0.5, 0.6) is 0 Å². The van der Waals surface area contributed by atoms with Gasteiger partial charge in [0.25, 0.3) is 10.1 Å². The van der Waals surface area contributed by atoms with Crippen molar-refractivity contribution >= 4 is 105 Å². The summed E-state index contributed by atoms with van der Waals surface area (Å²) >= 11 is 0. The zero-order valence-electron chi connectivity index (χ0n) is 85.4. The number of aliphatic hydroxyl groups excluding tert-OH is 2. The number of aliphatic imine (C=N–C) groups is 3. The van der Waals surface area contributed by atoms with E-state index in [9.17, 15) is 71.8 Å². The van der Waals surface area contributed by atoms with Gasteiger partial charge in [-0.25, -0.2) is 54.1 Å². The van der Waals surface area contributed by atoms with Crippen LogP contribution in [0.25, 0.3) is 0 Å². The first-order valence-corrected chi connectivity index (χ1v) is 49.8. The number of urea groups is 6. The van der Waals surface area contributed by atoms with Gasteiger partial charge in [0.05, 0.1) is 177 Å². The molecule has 61 heteroatoms. The number of nitrogens with one attached hydrogen (secondary N) is 3. The highest BCUT2D eigenvalue weighted by atomic mass is 32.2. The molecular formula is C89H119N38O22S+. The van der Waals surface area contributed by atoms with Crippen molar-refractivity contribution in [2.45, 2.75) is 143 Å². The van der Waals surface area contributed by atoms with Crippen molar-refractivity contribution in [3.05, 3.63) is 141 Å².